The van der Waals surface area contributed by atoms with E-state index in [1.165, 1.54) is 38.5 Å². The maximum absolute atomic E-state index is 6.48. The third kappa shape index (κ3) is 3.60. The summed E-state index contributed by atoms with van der Waals surface area (Å²) in [5.74, 6) is 6.25. The predicted octanol–water partition coefficient (Wildman–Crippen LogP) is 6.26. The summed E-state index contributed by atoms with van der Waals surface area (Å²) in [6.45, 7) is 18.5. The van der Waals surface area contributed by atoms with Gasteiger partial charge in [0.2, 0.25) is 11.8 Å². The second-order valence-electron chi connectivity index (χ2n) is 11.7. The zero-order valence-electron chi connectivity index (χ0n) is 20.1. The molecule has 181 valence electrons. The molecule has 5 rings (SSSR count). The Morgan fingerprint density at radius 1 is 0.806 bits per heavy atom. The van der Waals surface area contributed by atoms with Gasteiger partial charge in [0.15, 0.2) is 0 Å². The maximum atomic E-state index is 6.48. The van der Waals surface area contributed by atoms with Crippen molar-refractivity contribution in [1.29, 1.82) is 0 Å². The van der Waals surface area contributed by atoms with Crippen LogP contribution in [-0.2, 0) is 24.6 Å². The second-order valence-corrected chi connectivity index (χ2v) is 11.7. The van der Waals surface area contributed by atoms with Crippen molar-refractivity contribution in [2.45, 2.75) is 91.1 Å². The van der Waals surface area contributed by atoms with Crippen molar-refractivity contribution < 1.29 is 24.6 Å². The zero-order chi connectivity index (χ0) is 22.6. The van der Waals surface area contributed by atoms with Gasteiger partial charge in [-0.15, -0.1) is 6.67 Å². The topological polar surface area (TPSA) is 24.9 Å². The van der Waals surface area contributed by atoms with Crippen molar-refractivity contribution in [2.24, 2.45) is 35.5 Å². The first-order chi connectivity index (χ1) is 14.8. The molecule has 6 atom stereocenters. The Hall–Kier alpha value is -0.251. The van der Waals surface area contributed by atoms with Crippen molar-refractivity contribution in [3.63, 3.8) is 0 Å². The first-order valence-electron chi connectivity index (χ1n) is 12.3. The van der Waals surface area contributed by atoms with Gasteiger partial charge in [0.1, 0.15) is 13.2 Å². The molecule has 2 aliphatic carbocycles. The van der Waals surface area contributed by atoms with E-state index in [0.717, 1.165) is 36.8 Å². The number of fused-ring (bicyclic) bond motifs is 4. The van der Waals surface area contributed by atoms with Gasteiger partial charge in [0, 0.05) is 0 Å². The van der Waals surface area contributed by atoms with Gasteiger partial charge in [-0.1, -0.05) is 54.4 Å². The molecule has 31 heavy (non-hydrogen) atoms. The van der Waals surface area contributed by atoms with Crippen LogP contribution in [0.5, 0.6) is 0 Å². The van der Waals surface area contributed by atoms with E-state index in [1.54, 1.807) is 0 Å². The molecule has 3 heterocycles. The average molecular weight is 501 g/mol. The molecule has 0 N–H and O–H groups in total. The first kappa shape index (κ1) is 23.9. The Balaban J connectivity index is 0.00000112. The molecule has 6 heteroatoms. The van der Waals surface area contributed by atoms with Crippen LogP contribution in [0.3, 0.4) is 0 Å². The van der Waals surface area contributed by atoms with E-state index in [-0.39, 0.29) is 11.1 Å². The quantitative estimate of drug-likeness (QED) is 0.330. The molecule has 4 nitrogen and oxygen atoms in total. The van der Waals surface area contributed by atoms with Crippen molar-refractivity contribution in [3.05, 3.63) is 18.4 Å². The normalized spacial score (nSPS) is 41.5. The summed E-state index contributed by atoms with van der Waals surface area (Å²) < 4.78 is 13.0. The summed E-state index contributed by atoms with van der Waals surface area (Å²) in [6.07, 6.45) is 7.78. The zero-order valence-corrected chi connectivity index (χ0v) is 21.8. The predicted molar refractivity (Wildman–Crippen MR) is 121 cm³/mol. The van der Waals surface area contributed by atoms with Gasteiger partial charge in [-0.05, 0) is 61.2 Å². The monoisotopic (exact) mass is 499 g/mol. The molecule has 0 aromatic heterocycles. The summed E-state index contributed by atoms with van der Waals surface area (Å²) in [6, 6.07) is 0. The Bertz CT molecular complexity index is 645. The number of hydrogen-bond donors (Lipinski definition) is 0. The first-order valence-corrected chi connectivity index (χ1v) is 13.6. The SMILES string of the molecule is CC1CC[C@H](C(C)C)[C@]2(COC3=C4OC[C@@]5(C[C@H](C)CCC5C(C)C)N4[CH-]N32)C1.[Cl][Cu+]. The Labute approximate surface area is 202 Å². The molecule has 0 aromatic carbocycles. The third-order valence-electron chi connectivity index (χ3n) is 9.06. The van der Waals surface area contributed by atoms with Gasteiger partial charge in [-0.25, -0.2) is 0 Å². The van der Waals surface area contributed by atoms with Crippen molar-refractivity contribution in [1.82, 2.24) is 9.80 Å². The fourth-order valence-electron chi connectivity index (χ4n) is 7.82. The molecule has 2 saturated carbocycles. The minimum absolute atomic E-state index is 0.108. The molecule has 0 bridgehead atoms. The summed E-state index contributed by atoms with van der Waals surface area (Å²) >= 11 is 3.66. The van der Waals surface area contributed by atoms with E-state index in [1.807, 2.05) is 0 Å². The van der Waals surface area contributed by atoms with Crippen LogP contribution in [0.15, 0.2) is 11.8 Å². The van der Waals surface area contributed by atoms with Crippen LogP contribution in [0.1, 0.15) is 80.1 Å². The minimum atomic E-state index is 0.108. The second kappa shape index (κ2) is 8.84. The number of ether oxygens (including phenoxy) is 2. The molecule has 2 unspecified atom stereocenters. The molecule has 0 aromatic rings. The Morgan fingerprint density at radius 3 is 1.55 bits per heavy atom. The Morgan fingerprint density at radius 2 is 1.19 bits per heavy atom. The third-order valence-corrected chi connectivity index (χ3v) is 9.06. The van der Waals surface area contributed by atoms with Crippen LogP contribution in [-0.4, -0.2) is 34.1 Å². The summed E-state index contributed by atoms with van der Waals surface area (Å²) in [7, 11) is 4.20. The van der Waals surface area contributed by atoms with Gasteiger partial charge in [-0.2, -0.15) is 0 Å². The number of hydrogen-bond acceptors (Lipinski definition) is 4. The van der Waals surface area contributed by atoms with E-state index in [9.17, 15) is 0 Å². The molecule has 2 spiro atoms. The molecule has 2 saturated heterocycles. The van der Waals surface area contributed by atoms with Crippen LogP contribution in [0, 0.1) is 42.2 Å². The van der Waals surface area contributed by atoms with Crippen LogP contribution >= 0.6 is 10.1 Å². The number of halogens is 1. The molecule has 4 fully saturated rings. The van der Waals surface area contributed by atoms with E-state index < -0.39 is 0 Å². The molecule has 3 aliphatic heterocycles. The fourth-order valence-corrected chi connectivity index (χ4v) is 7.82. The van der Waals surface area contributed by atoms with Gasteiger partial charge in [0.05, 0.1) is 11.1 Å². The molecular weight excluding hydrogens is 459 g/mol. The fraction of sp³-hybridized carbons (Fsp3) is 0.880. The van der Waals surface area contributed by atoms with Crippen LogP contribution < -0.4 is 0 Å². The molecule has 0 radical (unpaired) electrons. The van der Waals surface area contributed by atoms with Crippen molar-refractivity contribution in [2.75, 3.05) is 13.2 Å². The van der Waals surface area contributed by atoms with Gasteiger partial charge >= 0.3 is 25.2 Å². The standard InChI is InChI=1S/C25H41N2O2.ClH.Cu/c1-16(2)20-9-7-18(5)11-24(20)13-28-22-23-27(15-26(22)24)25(14-29-23)12-19(6)8-10-21(25)17(3)4;;/h15-21H,7-14H2,1-6H3;1H;/q-1;;+2/p-1/t18-,19?,20?,21-,24-,25-;;/m1../s1. The van der Waals surface area contributed by atoms with Crippen LogP contribution in [0.2, 0.25) is 0 Å². The van der Waals surface area contributed by atoms with E-state index in [2.05, 4.69) is 83.2 Å². The van der Waals surface area contributed by atoms with Crippen molar-refractivity contribution in [3.8, 4) is 0 Å². The molecule has 5 aliphatic rings. The number of nitrogens with zero attached hydrogens (tertiary/aromatic N) is 2. The molecule has 0 amide bonds. The summed E-state index contributed by atoms with van der Waals surface area (Å²) in [5, 5.41) is 0. The van der Waals surface area contributed by atoms with Gasteiger partial charge < -0.3 is 19.3 Å². The summed E-state index contributed by atoms with van der Waals surface area (Å²) in [4.78, 5) is 5.08. The number of rotatable bonds is 2. The van der Waals surface area contributed by atoms with E-state index in [4.69, 9.17) is 9.47 Å². The Kier molecular flexibility index (Phi) is 6.81. The van der Waals surface area contributed by atoms with E-state index >= 15 is 0 Å². The van der Waals surface area contributed by atoms with Gasteiger partial charge in [-0.3, -0.25) is 0 Å². The molecular formula is C25H41ClCuN2O2. The van der Waals surface area contributed by atoms with E-state index in [0.29, 0.717) is 23.7 Å². The van der Waals surface area contributed by atoms with Crippen molar-refractivity contribution >= 4 is 10.1 Å². The van der Waals surface area contributed by atoms with Crippen LogP contribution in [0.25, 0.3) is 0 Å². The van der Waals surface area contributed by atoms with Crippen LogP contribution in [0.4, 0.5) is 0 Å². The van der Waals surface area contributed by atoms with Gasteiger partial charge in [0.25, 0.3) is 0 Å². The summed E-state index contributed by atoms with van der Waals surface area (Å²) in [5.41, 5.74) is 0.216. The average Bonchev–Trinajstić information content (AvgIpc) is 3.36.